The maximum absolute atomic E-state index is 13.6. The van der Waals surface area contributed by atoms with Crippen LogP contribution in [0.4, 0.5) is 17.6 Å². The lowest BCUT2D eigenvalue weighted by Crippen LogP contribution is -2.34. The van der Waals surface area contributed by atoms with Crippen LogP contribution in [-0.2, 0) is 12.7 Å². The van der Waals surface area contributed by atoms with E-state index in [0.29, 0.717) is 6.54 Å². The van der Waals surface area contributed by atoms with E-state index in [0.717, 1.165) is 6.07 Å². The highest BCUT2D eigenvalue weighted by Gasteiger charge is 2.34. The molecular weight excluding hydrogens is 248 g/mol. The second-order valence-corrected chi connectivity index (χ2v) is 4.12. The summed E-state index contributed by atoms with van der Waals surface area (Å²) in [5.74, 6) is -1.20. The molecule has 1 unspecified atom stereocenters. The third-order valence-corrected chi connectivity index (χ3v) is 2.54. The Bertz CT molecular complexity index is 390. The summed E-state index contributed by atoms with van der Waals surface area (Å²) in [7, 11) is 1.77. The van der Waals surface area contributed by atoms with Gasteiger partial charge in [-0.15, -0.1) is 0 Å². The number of likely N-dealkylation sites (N-methyl/N-ethyl adjacent to an activating group) is 1. The summed E-state index contributed by atoms with van der Waals surface area (Å²) in [6, 6.07) is 3.36. The molecule has 1 rings (SSSR count). The molecule has 0 aliphatic carbocycles. The molecule has 102 valence electrons. The van der Waals surface area contributed by atoms with Crippen molar-refractivity contribution >= 4 is 0 Å². The topological polar surface area (TPSA) is 24.1 Å². The minimum Gasteiger partial charge on any atom is -0.318 e. The van der Waals surface area contributed by atoms with Gasteiger partial charge in [0.15, 0.2) is 0 Å². The Hall–Kier alpha value is -1.14. The van der Waals surface area contributed by atoms with Crippen molar-refractivity contribution in [3.63, 3.8) is 0 Å². The van der Waals surface area contributed by atoms with Crippen LogP contribution in [0.2, 0.25) is 0 Å². The predicted molar refractivity (Wildman–Crippen MR) is 61.6 cm³/mol. The van der Waals surface area contributed by atoms with Gasteiger partial charge < -0.3 is 10.6 Å². The SMILES string of the molecule is CNCC(C)NCc1cccc(C(F)(F)F)c1F. The first-order valence-corrected chi connectivity index (χ1v) is 5.58. The summed E-state index contributed by atoms with van der Waals surface area (Å²) >= 11 is 0. The Labute approximate surface area is 103 Å². The molecule has 0 saturated carbocycles. The minimum atomic E-state index is -4.66. The first-order chi connectivity index (χ1) is 8.36. The highest BCUT2D eigenvalue weighted by molar-refractivity contribution is 5.28. The lowest BCUT2D eigenvalue weighted by atomic mass is 10.1. The number of rotatable bonds is 5. The van der Waals surface area contributed by atoms with Crippen LogP contribution in [0.5, 0.6) is 0 Å². The molecule has 0 aromatic heterocycles. The van der Waals surface area contributed by atoms with Crippen molar-refractivity contribution in [1.29, 1.82) is 0 Å². The van der Waals surface area contributed by atoms with Crippen LogP contribution in [0.15, 0.2) is 18.2 Å². The normalized spacial score (nSPS) is 13.7. The van der Waals surface area contributed by atoms with Crippen LogP contribution >= 0.6 is 0 Å². The van der Waals surface area contributed by atoms with Crippen molar-refractivity contribution < 1.29 is 17.6 Å². The molecule has 18 heavy (non-hydrogen) atoms. The molecule has 2 nitrogen and oxygen atoms in total. The van der Waals surface area contributed by atoms with Crippen LogP contribution in [0.3, 0.4) is 0 Å². The maximum Gasteiger partial charge on any atom is 0.419 e. The number of benzene rings is 1. The molecular formula is C12H16F4N2. The van der Waals surface area contributed by atoms with E-state index in [1.54, 1.807) is 7.05 Å². The van der Waals surface area contributed by atoms with Crippen LogP contribution in [0.1, 0.15) is 18.1 Å². The van der Waals surface area contributed by atoms with E-state index in [1.807, 2.05) is 6.92 Å². The van der Waals surface area contributed by atoms with E-state index in [1.165, 1.54) is 12.1 Å². The molecule has 0 saturated heterocycles. The molecule has 0 fully saturated rings. The largest absolute Gasteiger partial charge is 0.419 e. The van der Waals surface area contributed by atoms with Gasteiger partial charge in [0, 0.05) is 24.7 Å². The molecule has 0 bridgehead atoms. The van der Waals surface area contributed by atoms with Gasteiger partial charge in [-0.1, -0.05) is 12.1 Å². The van der Waals surface area contributed by atoms with Crippen molar-refractivity contribution in [2.45, 2.75) is 25.7 Å². The van der Waals surface area contributed by atoms with Gasteiger partial charge in [-0.25, -0.2) is 4.39 Å². The number of hydrogen-bond acceptors (Lipinski definition) is 2. The zero-order valence-electron chi connectivity index (χ0n) is 10.2. The summed E-state index contributed by atoms with van der Waals surface area (Å²) < 4.78 is 51.1. The first kappa shape index (κ1) is 14.9. The molecule has 1 atom stereocenters. The van der Waals surface area contributed by atoms with Gasteiger partial charge in [-0.2, -0.15) is 13.2 Å². The summed E-state index contributed by atoms with van der Waals surface area (Å²) in [4.78, 5) is 0. The zero-order valence-corrected chi connectivity index (χ0v) is 10.2. The van der Waals surface area contributed by atoms with Crippen LogP contribution in [0.25, 0.3) is 0 Å². The molecule has 0 radical (unpaired) electrons. The van der Waals surface area contributed by atoms with E-state index in [4.69, 9.17) is 0 Å². The molecule has 1 aromatic rings. The van der Waals surface area contributed by atoms with Gasteiger partial charge in [0.1, 0.15) is 5.82 Å². The summed E-state index contributed by atoms with van der Waals surface area (Å²) in [5, 5.41) is 5.87. The summed E-state index contributed by atoms with van der Waals surface area (Å²) in [6.07, 6.45) is -4.66. The van der Waals surface area contributed by atoms with Crippen molar-refractivity contribution in [3.05, 3.63) is 35.1 Å². The molecule has 0 aliphatic rings. The van der Waals surface area contributed by atoms with Gasteiger partial charge >= 0.3 is 6.18 Å². The maximum atomic E-state index is 13.6. The Morgan fingerprint density at radius 3 is 2.50 bits per heavy atom. The number of alkyl halides is 3. The van der Waals surface area contributed by atoms with Gasteiger partial charge in [-0.3, -0.25) is 0 Å². The highest BCUT2D eigenvalue weighted by atomic mass is 19.4. The fraction of sp³-hybridized carbons (Fsp3) is 0.500. The third-order valence-electron chi connectivity index (χ3n) is 2.54. The van der Waals surface area contributed by atoms with Crippen LogP contribution in [-0.4, -0.2) is 19.6 Å². The molecule has 0 amide bonds. The molecule has 0 spiro atoms. The van der Waals surface area contributed by atoms with Crippen molar-refractivity contribution in [2.24, 2.45) is 0 Å². The van der Waals surface area contributed by atoms with E-state index >= 15 is 0 Å². The van der Waals surface area contributed by atoms with Gasteiger partial charge in [0.2, 0.25) is 0 Å². The molecule has 6 heteroatoms. The predicted octanol–water partition coefficient (Wildman–Crippen LogP) is 2.54. The minimum absolute atomic E-state index is 0.0211. The van der Waals surface area contributed by atoms with E-state index in [2.05, 4.69) is 10.6 Å². The number of nitrogens with one attached hydrogen (secondary N) is 2. The van der Waals surface area contributed by atoms with E-state index in [9.17, 15) is 17.6 Å². The van der Waals surface area contributed by atoms with Crippen LogP contribution in [0, 0.1) is 5.82 Å². The summed E-state index contributed by atoms with van der Waals surface area (Å²) in [5.41, 5.74) is -1.20. The van der Waals surface area contributed by atoms with Crippen molar-refractivity contribution in [3.8, 4) is 0 Å². The fourth-order valence-electron chi connectivity index (χ4n) is 1.60. The molecule has 0 heterocycles. The quantitative estimate of drug-likeness (QED) is 0.799. The van der Waals surface area contributed by atoms with Crippen molar-refractivity contribution in [1.82, 2.24) is 10.6 Å². The highest BCUT2D eigenvalue weighted by Crippen LogP contribution is 2.32. The van der Waals surface area contributed by atoms with Crippen molar-refractivity contribution in [2.75, 3.05) is 13.6 Å². The Balaban J connectivity index is 2.79. The Morgan fingerprint density at radius 1 is 1.28 bits per heavy atom. The van der Waals surface area contributed by atoms with Gasteiger partial charge in [0.05, 0.1) is 5.56 Å². The van der Waals surface area contributed by atoms with E-state index < -0.39 is 17.6 Å². The standard InChI is InChI=1S/C12H16F4N2/c1-8(6-17-2)18-7-9-4-3-5-10(11(9)13)12(14,15)16/h3-5,8,17-18H,6-7H2,1-2H3. The lowest BCUT2D eigenvalue weighted by molar-refractivity contribution is -0.140. The Morgan fingerprint density at radius 2 is 1.94 bits per heavy atom. The van der Waals surface area contributed by atoms with Gasteiger partial charge in [0.25, 0.3) is 0 Å². The summed E-state index contributed by atoms with van der Waals surface area (Å²) in [6.45, 7) is 2.58. The average molecular weight is 264 g/mol. The monoisotopic (exact) mass is 264 g/mol. The third kappa shape index (κ3) is 3.96. The van der Waals surface area contributed by atoms with Gasteiger partial charge in [-0.05, 0) is 20.0 Å². The number of halogens is 4. The molecule has 2 N–H and O–H groups in total. The smallest absolute Gasteiger partial charge is 0.318 e. The zero-order chi connectivity index (χ0) is 13.8. The number of hydrogen-bond donors (Lipinski definition) is 2. The Kier molecular flexibility index (Phi) is 5.10. The lowest BCUT2D eigenvalue weighted by Gasteiger charge is -2.15. The molecule has 1 aromatic carbocycles. The van der Waals surface area contributed by atoms with Crippen LogP contribution < -0.4 is 10.6 Å². The second-order valence-electron chi connectivity index (χ2n) is 4.12. The van der Waals surface area contributed by atoms with E-state index in [-0.39, 0.29) is 18.2 Å². The second kappa shape index (κ2) is 6.15. The molecule has 0 aliphatic heterocycles. The first-order valence-electron chi connectivity index (χ1n) is 5.58. The fourth-order valence-corrected chi connectivity index (χ4v) is 1.60. The average Bonchev–Trinajstić information content (AvgIpc) is 2.26.